The Morgan fingerprint density at radius 1 is 1.62 bits per heavy atom. The highest BCUT2D eigenvalue weighted by Gasteiger charge is 2.08. The number of aromatic carboxylic acids is 1. The van der Waals surface area contributed by atoms with Gasteiger partial charge in [-0.2, -0.15) is 0 Å². The summed E-state index contributed by atoms with van der Waals surface area (Å²) in [7, 11) is 0. The van der Waals surface area contributed by atoms with Gasteiger partial charge < -0.3 is 10.1 Å². The zero-order valence-corrected chi connectivity index (χ0v) is 7.33. The van der Waals surface area contributed by atoms with E-state index < -0.39 is 11.5 Å². The van der Waals surface area contributed by atoms with Crippen LogP contribution in [0.15, 0.2) is 17.1 Å². The van der Waals surface area contributed by atoms with E-state index in [0.717, 1.165) is 18.4 Å². The first-order valence-corrected chi connectivity index (χ1v) is 4.10. The number of hydrogen-bond acceptors (Lipinski definition) is 2. The number of carbonyl (C=O) groups is 1. The van der Waals surface area contributed by atoms with Gasteiger partial charge in [0.2, 0.25) is 0 Å². The molecule has 2 N–H and O–H groups in total. The highest BCUT2D eigenvalue weighted by molar-refractivity contribution is 5.87. The van der Waals surface area contributed by atoms with Crippen LogP contribution in [-0.2, 0) is 6.42 Å². The lowest BCUT2D eigenvalue weighted by atomic mass is 10.1. The van der Waals surface area contributed by atoms with E-state index in [4.69, 9.17) is 5.11 Å². The van der Waals surface area contributed by atoms with Crippen molar-refractivity contribution in [1.29, 1.82) is 0 Å². The number of aromatic amines is 1. The maximum Gasteiger partial charge on any atom is 0.341 e. The van der Waals surface area contributed by atoms with Crippen molar-refractivity contribution in [2.45, 2.75) is 19.8 Å². The van der Waals surface area contributed by atoms with Gasteiger partial charge in [0.25, 0.3) is 5.56 Å². The number of aryl methyl sites for hydroxylation is 1. The minimum atomic E-state index is -1.18. The van der Waals surface area contributed by atoms with Crippen molar-refractivity contribution in [3.63, 3.8) is 0 Å². The van der Waals surface area contributed by atoms with E-state index in [1.807, 2.05) is 6.92 Å². The van der Waals surface area contributed by atoms with Gasteiger partial charge in [-0.3, -0.25) is 4.79 Å². The van der Waals surface area contributed by atoms with E-state index in [1.165, 1.54) is 6.07 Å². The zero-order chi connectivity index (χ0) is 9.84. The van der Waals surface area contributed by atoms with Crippen LogP contribution in [0.5, 0.6) is 0 Å². The summed E-state index contributed by atoms with van der Waals surface area (Å²) >= 11 is 0. The smallest absolute Gasteiger partial charge is 0.341 e. The van der Waals surface area contributed by atoms with E-state index in [0.29, 0.717) is 0 Å². The van der Waals surface area contributed by atoms with Gasteiger partial charge in [-0.1, -0.05) is 13.3 Å². The SMILES string of the molecule is CCCc1c[nH]c(=O)c(C(=O)O)c1. The Kier molecular flexibility index (Phi) is 2.84. The maximum atomic E-state index is 11.0. The molecule has 0 saturated carbocycles. The second-order valence-corrected chi connectivity index (χ2v) is 2.81. The van der Waals surface area contributed by atoms with E-state index in [-0.39, 0.29) is 5.56 Å². The molecule has 1 aromatic rings. The summed E-state index contributed by atoms with van der Waals surface area (Å²) in [5.41, 5.74) is 0.109. The molecule has 0 aliphatic rings. The van der Waals surface area contributed by atoms with Gasteiger partial charge in [0.15, 0.2) is 0 Å². The van der Waals surface area contributed by atoms with Crippen LogP contribution >= 0.6 is 0 Å². The molecule has 0 aliphatic carbocycles. The Bertz CT molecular complexity index is 367. The molecule has 1 rings (SSSR count). The Balaban J connectivity index is 3.11. The molecule has 1 heterocycles. The normalized spacial score (nSPS) is 9.92. The van der Waals surface area contributed by atoms with Crippen LogP contribution in [0.25, 0.3) is 0 Å². The van der Waals surface area contributed by atoms with Crippen LogP contribution in [0.2, 0.25) is 0 Å². The topological polar surface area (TPSA) is 70.2 Å². The Morgan fingerprint density at radius 3 is 2.85 bits per heavy atom. The number of hydrogen-bond donors (Lipinski definition) is 2. The van der Waals surface area contributed by atoms with Gasteiger partial charge in [-0.25, -0.2) is 4.79 Å². The summed E-state index contributed by atoms with van der Waals surface area (Å²) in [6.45, 7) is 1.99. The quantitative estimate of drug-likeness (QED) is 0.731. The predicted octanol–water partition coefficient (Wildman–Crippen LogP) is 1.03. The molecule has 70 valence electrons. The monoisotopic (exact) mass is 181 g/mol. The van der Waals surface area contributed by atoms with Crippen LogP contribution in [0.1, 0.15) is 29.3 Å². The summed E-state index contributed by atoms with van der Waals surface area (Å²) in [5, 5.41) is 8.64. The second kappa shape index (κ2) is 3.89. The lowest BCUT2D eigenvalue weighted by molar-refractivity contribution is 0.0695. The van der Waals surface area contributed by atoms with E-state index in [1.54, 1.807) is 6.20 Å². The number of nitrogens with one attached hydrogen (secondary N) is 1. The summed E-state index contributed by atoms with van der Waals surface area (Å²) in [6, 6.07) is 1.42. The van der Waals surface area contributed by atoms with Crippen LogP contribution in [0.4, 0.5) is 0 Å². The second-order valence-electron chi connectivity index (χ2n) is 2.81. The zero-order valence-electron chi connectivity index (χ0n) is 7.33. The molecular weight excluding hydrogens is 170 g/mol. The van der Waals surface area contributed by atoms with Crippen molar-refractivity contribution in [1.82, 2.24) is 4.98 Å². The number of aromatic nitrogens is 1. The van der Waals surface area contributed by atoms with Crippen molar-refractivity contribution >= 4 is 5.97 Å². The fourth-order valence-corrected chi connectivity index (χ4v) is 1.12. The van der Waals surface area contributed by atoms with Crippen molar-refractivity contribution in [3.05, 3.63) is 33.7 Å². The first-order chi connectivity index (χ1) is 6.15. The molecule has 0 amide bonds. The van der Waals surface area contributed by atoms with Crippen molar-refractivity contribution in [3.8, 4) is 0 Å². The van der Waals surface area contributed by atoms with Gasteiger partial charge >= 0.3 is 5.97 Å². The molecule has 0 fully saturated rings. The molecule has 0 saturated heterocycles. The fourth-order valence-electron chi connectivity index (χ4n) is 1.12. The van der Waals surface area contributed by atoms with Crippen molar-refractivity contribution in [2.75, 3.05) is 0 Å². The van der Waals surface area contributed by atoms with Crippen LogP contribution in [0.3, 0.4) is 0 Å². The largest absolute Gasteiger partial charge is 0.477 e. The van der Waals surface area contributed by atoms with Gasteiger partial charge in [-0.05, 0) is 18.1 Å². The number of carboxylic acid groups (broad SMARTS) is 1. The van der Waals surface area contributed by atoms with Crippen molar-refractivity contribution in [2.24, 2.45) is 0 Å². The number of H-pyrrole nitrogens is 1. The fraction of sp³-hybridized carbons (Fsp3) is 0.333. The number of rotatable bonds is 3. The number of carboxylic acids is 1. The molecule has 0 spiro atoms. The number of pyridine rings is 1. The molecule has 0 atom stereocenters. The molecule has 13 heavy (non-hydrogen) atoms. The molecule has 1 aromatic heterocycles. The Morgan fingerprint density at radius 2 is 2.31 bits per heavy atom. The highest BCUT2D eigenvalue weighted by Crippen LogP contribution is 2.01. The van der Waals surface area contributed by atoms with E-state index in [2.05, 4.69) is 4.98 Å². The van der Waals surface area contributed by atoms with E-state index in [9.17, 15) is 9.59 Å². The first kappa shape index (κ1) is 9.51. The third-order valence-electron chi connectivity index (χ3n) is 1.73. The highest BCUT2D eigenvalue weighted by atomic mass is 16.4. The third-order valence-corrected chi connectivity index (χ3v) is 1.73. The van der Waals surface area contributed by atoms with Crippen molar-refractivity contribution < 1.29 is 9.90 Å². The lowest BCUT2D eigenvalue weighted by Gasteiger charge is -1.98. The standard InChI is InChI=1S/C9H11NO3/c1-2-3-6-4-7(9(12)13)8(11)10-5-6/h4-5H,2-3H2,1H3,(H,10,11)(H,12,13). The van der Waals surface area contributed by atoms with Crippen LogP contribution < -0.4 is 5.56 Å². The Labute approximate surface area is 75.2 Å². The lowest BCUT2D eigenvalue weighted by Crippen LogP contribution is -2.17. The molecule has 4 nitrogen and oxygen atoms in total. The molecule has 4 heteroatoms. The molecule has 0 bridgehead atoms. The van der Waals surface area contributed by atoms with Gasteiger partial charge in [0.1, 0.15) is 5.56 Å². The molecular formula is C9H11NO3. The van der Waals surface area contributed by atoms with Gasteiger partial charge in [-0.15, -0.1) is 0 Å². The minimum Gasteiger partial charge on any atom is -0.477 e. The van der Waals surface area contributed by atoms with Gasteiger partial charge in [0, 0.05) is 6.20 Å². The average Bonchev–Trinajstić information content (AvgIpc) is 2.08. The maximum absolute atomic E-state index is 11.0. The third kappa shape index (κ3) is 2.18. The summed E-state index contributed by atoms with van der Waals surface area (Å²) in [6.07, 6.45) is 3.25. The summed E-state index contributed by atoms with van der Waals surface area (Å²) in [4.78, 5) is 23.9. The summed E-state index contributed by atoms with van der Waals surface area (Å²) < 4.78 is 0. The van der Waals surface area contributed by atoms with Crippen LogP contribution in [0, 0.1) is 0 Å². The molecule has 0 unspecified atom stereocenters. The average molecular weight is 181 g/mol. The summed E-state index contributed by atoms with van der Waals surface area (Å²) in [5.74, 6) is -1.18. The Hall–Kier alpha value is -1.58. The predicted molar refractivity (Wildman–Crippen MR) is 48.0 cm³/mol. The van der Waals surface area contributed by atoms with E-state index >= 15 is 0 Å². The minimum absolute atomic E-state index is 0.189. The molecule has 0 aliphatic heterocycles. The molecule has 0 radical (unpaired) electrons. The molecule has 0 aromatic carbocycles. The first-order valence-electron chi connectivity index (χ1n) is 4.10. The van der Waals surface area contributed by atoms with Gasteiger partial charge in [0.05, 0.1) is 0 Å². The van der Waals surface area contributed by atoms with Crippen LogP contribution in [-0.4, -0.2) is 16.1 Å².